The lowest BCUT2D eigenvalue weighted by molar-refractivity contribution is -0.929. The first-order valence-electron chi connectivity index (χ1n) is 19.5. The van der Waals surface area contributed by atoms with Gasteiger partial charge >= 0.3 is 0 Å². The molecule has 0 N–H and O–H groups in total. The highest BCUT2D eigenvalue weighted by Gasteiger charge is 2.25. The second-order valence-corrected chi connectivity index (χ2v) is 14.7. The van der Waals surface area contributed by atoms with Crippen molar-refractivity contribution in [2.75, 3.05) is 53.9 Å². The zero-order valence-corrected chi connectivity index (χ0v) is 33.9. The Balaban J connectivity index is -0.000000368. The number of quaternary nitrogens is 2. The van der Waals surface area contributed by atoms with Gasteiger partial charge in [-0.1, -0.05) is 137 Å². The van der Waals surface area contributed by atoms with Crippen molar-refractivity contribution >= 4 is 0 Å². The maximum absolute atomic E-state index is 2.34. The molecule has 0 atom stereocenters. The topological polar surface area (TPSA) is 0 Å². The van der Waals surface area contributed by atoms with E-state index in [-0.39, 0.29) is 29.4 Å². The molecule has 2 nitrogen and oxygen atoms in total. The quantitative estimate of drug-likeness (QED) is 0.0556. The fraction of sp³-hybridized carbons (Fsp3) is 1.00. The summed E-state index contributed by atoms with van der Waals surface area (Å²) in [7, 11) is 6.86. The number of hydrogen-bond donors (Lipinski definition) is 0. The van der Waals surface area contributed by atoms with Gasteiger partial charge in [-0.25, -0.2) is 0 Å². The Hall–Kier alpha value is 0.690. The maximum Gasteiger partial charge on any atom is 0.0786 e. The summed E-state index contributed by atoms with van der Waals surface area (Å²) in [6.07, 6.45) is 37.3. The van der Waals surface area contributed by atoms with E-state index in [4.69, 9.17) is 0 Å². The van der Waals surface area contributed by atoms with E-state index in [1.54, 1.807) is 0 Å². The third-order valence-corrected chi connectivity index (χ3v) is 9.13. The monoisotopic (exact) mass is 697 g/mol. The molecule has 4 heteroatoms. The third kappa shape index (κ3) is 40.7. The molecule has 266 valence electrons. The first kappa shape index (κ1) is 50.5. The summed E-state index contributed by atoms with van der Waals surface area (Å²) in [5.74, 6) is 0. The van der Waals surface area contributed by atoms with Crippen LogP contribution in [0.25, 0.3) is 0 Å². The molecule has 0 aliphatic heterocycles. The molecule has 43 heavy (non-hydrogen) atoms. The summed E-state index contributed by atoms with van der Waals surface area (Å²) in [5.41, 5.74) is 0. The van der Waals surface area contributed by atoms with Crippen molar-refractivity contribution in [3.63, 3.8) is 0 Å². The molecule has 0 aliphatic rings. The van der Waals surface area contributed by atoms with Crippen LogP contribution >= 0.6 is 0 Å². The van der Waals surface area contributed by atoms with Crippen LogP contribution in [0, 0.1) is 0 Å². The highest BCUT2D eigenvalue weighted by Crippen LogP contribution is 2.19. The molecule has 0 rings (SSSR count). The van der Waals surface area contributed by atoms with Crippen molar-refractivity contribution in [1.29, 1.82) is 0 Å². The molecule has 0 bridgehead atoms. The van der Waals surface area contributed by atoms with E-state index in [9.17, 15) is 0 Å². The Morgan fingerprint density at radius 1 is 0.279 bits per heavy atom. The Kier molecular flexibility index (Phi) is 45.7. The van der Waals surface area contributed by atoms with Crippen LogP contribution in [0.3, 0.4) is 0 Å². The average molecular weight is 698 g/mol. The molecule has 0 amide bonds. The smallest absolute Gasteiger partial charge is 0.0786 e. The van der Waals surface area contributed by atoms with Gasteiger partial charge in [0.05, 0.1) is 53.9 Å². The number of hydrogen-bond acceptors (Lipinski definition) is 0. The summed E-state index contributed by atoms with van der Waals surface area (Å²) in [6.45, 7) is 18.8. The highest BCUT2D eigenvalue weighted by molar-refractivity contribution is 4.53. The van der Waals surface area contributed by atoms with Crippen molar-refractivity contribution in [3.8, 4) is 0 Å². The van der Waals surface area contributed by atoms with Crippen LogP contribution in [0.2, 0.25) is 0 Å². The summed E-state index contributed by atoms with van der Waals surface area (Å²) >= 11 is 0. The molecule has 0 saturated heterocycles. The highest BCUT2D eigenvalue weighted by atomic mass is 79.9. The standard InChI is InChI=1S/C24H52N.C15H34N.BrH.ClH/c1-5-9-13-17-21-25(22-18-14-10-6-2,23-19-15-11-7-3)24-20-16-12-8-4;1-5-6-7-8-9-10-11-12-13-14-15-16(2,3)4;;/h5-24H2,1-4H3;5-15H2,1-4H3;2*1H/q2*+1;;/p-2. The molecule has 0 aliphatic carbocycles. The van der Waals surface area contributed by atoms with Crippen LogP contribution in [0.4, 0.5) is 0 Å². The van der Waals surface area contributed by atoms with E-state index < -0.39 is 0 Å². The van der Waals surface area contributed by atoms with Gasteiger partial charge in [0.1, 0.15) is 0 Å². The minimum absolute atomic E-state index is 0. The van der Waals surface area contributed by atoms with Crippen LogP contribution < -0.4 is 29.4 Å². The van der Waals surface area contributed by atoms with Gasteiger partial charge in [-0.05, 0) is 64.2 Å². The van der Waals surface area contributed by atoms with Gasteiger partial charge in [0, 0.05) is 0 Å². The van der Waals surface area contributed by atoms with E-state index in [2.05, 4.69) is 55.8 Å². The van der Waals surface area contributed by atoms with Gasteiger partial charge in [0.25, 0.3) is 0 Å². The van der Waals surface area contributed by atoms with Crippen molar-refractivity contribution < 1.29 is 38.4 Å². The van der Waals surface area contributed by atoms with Crippen LogP contribution in [-0.4, -0.2) is 62.8 Å². The number of unbranched alkanes of at least 4 members (excludes halogenated alkanes) is 21. The van der Waals surface area contributed by atoms with Gasteiger partial charge in [0.15, 0.2) is 0 Å². The number of rotatable bonds is 31. The fourth-order valence-electron chi connectivity index (χ4n) is 6.24. The molecule has 0 aromatic carbocycles. The Morgan fingerprint density at radius 2 is 0.465 bits per heavy atom. The summed E-state index contributed by atoms with van der Waals surface area (Å²) in [4.78, 5) is 0. The summed E-state index contributed by atoms with van der Waals surface area (Å²) in [5, 5.41) is 0. The summed E-state index contributed by atoms with van der Waals surface area (Å²) < 4.78 is 2.58. The molecular weight excluding hydrogens is 612 g/mol. The zero-order chi connectivity index (χ0) is 30.9. The Bertz CT molecular complexity index is 427. The lowest BCUT2D eigenvalue weighted by Crippen LogP contribution is -3.00. The van der Waals surface area contributed by atoms with Crippen LogP contribution in [-0.2, 0) is 0 Å². The van der Waals surface area contributed by atoms with Gasteiger partial charge in [0.2, 0.25) is 0 Å². The average Bonchev–Trinajstić information content (AvgIpc) is 2.95. The number of halogens is 2. The van der Waals surface area contributed by atoms with Crippen LogP contribution in [0.1, 0.15) is 202 Å². The van der Waals surface area contributed by atoms with E-state index in [0.29, 0.717) is 0 Å². The molecule has 0 heterocycles. The first-order chi connectivity index (χ1) is 19.8. The van der Waals surface area contributed by atoms with Gasteiger partial charge in [-0.15, -0.1) is 0 Å². The fourth-order valence-corrected chi connectivity index (χ4v) is 6.24. The van der Waals surface area contributed by atoms with E-state index in [1.807, 2.05) is 0 Å². The molecule has 0 unspecified atom stereocenters. The van der Waals surface area contributed by atoms with Crippen LogP contribution in [0.15, 0.2) is 0 Å². The van der Waals surface area contributed by atoms with Gasteiger partial charge < -0.3 is 38.4 Å². The molecule has 0 spiro atoms. The molecule has 0 fully saturated rings. The Morgan fingerprint density at radius 3 is 0.698 bits per heavy atom. The lowest BCUT2D eigenvalue weighted by atomic mass is 10.1. The largest absolute Gasteiger partial charge is 1.00 e. The van der Waals surface area contributed by atoms with Crippen molar-refractivity contribution in [2.24, 2.45) is 0 Å². The van der Waals surface area contributed by atoms with E-state index in [1.165, 1.54) is 204 Å². The zero-order valence-electron chi connectivity index (χ0n) is 31.6. The van der Waals surface area contributed by atoms with E-state index in [0.717, 1.165) is 4.48 Å². The third-order valence-electron chi connectivity index (χ3n) is 9.13. The molecule has 0 radical (unpaired) electrons. The lowest BCUT2D eigenvalue weighted by Gasteiger charge is -2.39. The van der Waals surface area contributed by atoms with Crippen LogP contribution in [0.5, 0.6) is 0 Å². The second kappa shape index (κ2) is 38.9. The first-order valence-corrected chi connectivity index (χ1v) is 19.5. The minimum Gasteiger partial charge on any atom is -1.00 e. The predicted octanol–water partition coefficient (Wildman–Crippen LogP) is 6.75. The molecular formula is C39H86BrClN2. The number of nitrogens with zero attached hydrogens (tertiary/aromatic N) is 2. The normalized spacial score (nSPS) is 11.4. The van der Waals surface area contributed by atoms with E-state index >= 15 is 0 Å². The molecule has 0 aromatic rings. The van der Waals surface area contributed by atoms with Crippen molar-refractivity contribution in [1.82, 2.24) is 0 Å². The molecule has 0 saturated carbocycles. The Labute approximate surface area is 292 Å². The summed E-state index contributed by atoms with van der Waals surface area (Å²) in [6, 6.07) is 0. The molecule has 0 aromatic heterocycles. The van der Waals surface area contributed by atoms with Crippen molar-refractivity contribution in [3.05, 3.63) is 0 Å². The van der Waals surface area contributed by atoms with Gasteiger partial charge in [-0.3, -0.25) is 0 Å². The maximum atomic E-state index is 2.34. The minimum atomic E-state index is 0. The second-order valence-electron chi connectivity index (χ2n) is 14.7. The van der Waals surface area contributed by atoms with Crippen molar-refractivity contribution in [2.45, 2.75) is 202 Å². The predicted molar refractivity (Wildman–Crippen MR) is 191 cm³/mol. The van der Waals surface area contributed by atoms with Gasteiger partial charge in [-0.2, -0.15) is 0 Å². The SMILES string of the molecule is CCCCCCCCCCCC[N+](C)(C)C.CCCCCC[N+](CCCCCC)(CCCCCC)CCCCCC.[Br-].[Cl-].